The molecule has 5 rings (SSSR count). The third-order valence-corrected chi connectivity index (χ3v) is 7.20. The largest absolute Gasteiger partial charge is 0.395 e. The molecule has 2 aromatic rings. The van der Waals surface area contributed by atoms with Crippen LogP contribution in [0.15, 0.2) is 42.5 Å². The summed E-state index contributed by atoms with van der Waals surface area (Å²) in [4.78, 5) is 17.1. The minimum absolute atomic E-state index is 0.0776. The minimum atomic E-state index is 0.0776. The van der Waals surface area contributed by atoms with E-state index in [1.165, 1.54) is 16.7 Å². The molecule has 6 nitrogen and oxygen atoms in total. The van der Waals surface area contributed by atoms with Crippen LogP contribution in [0, 0.1) is 12.8 Å². The molecule has 2 aromatic carbocycles. The summed E-state index contributed by atoms with van der Waals surface area (Å²) in [6.07, 6.45) is 1.54. The second-order valence-corrected chi connectivity index (χ2v) is 9.32. The Hall–Kier alpha value is -2.41. The van der Waals surface area contributed by atoms with E-state index in [-0.39, 0.29) is 24.7 Å². The van der Waals surface area contributed by atoms with Crippen molar-refractivity contribution in [2.45, 2.75) is 31.9 Å². The van der Waals surface area contributed by atoms with E-state index < -0.39 is 0 Å². The van der Waals surface area contributed by atoms with Gasteiger partial charge in [0.1, 0.15) is 0 Å². The van der Waals surface area contributed by atoms with Crippen LogP contribution in [0.2, 0.25) is 0 Å². The highest BCUT2D eigenvalue weighted by atomic mass is 16.5. The molecule has 170 valence electrons. The molecule has 6 heteroatoms. The van der Waals surface area contributed by atoms with E-state index in [4.69, 9.17) is 9.84 Å². The van der Waals surface area contributed by atoms with Crippen LogP contribution in [-0.2, 0) is 16.0 Å². The van der Waals surface area contributed by atoms with Crippen LogP contribution in [0.4, 0.5) is 5.69 Å². The fraction of sp³-hybridized carbons (Fsp3) is 0.500. The van der Waals surface area contributed by atoms with Crippen molar-refractivity contribution >= 4 is 11.6 Å². The van der Waals surface area contributed by atoms with Crippen LogP contribution in [-0.4, -0.2) is 66.8 Å². The number of aliphatic hydroxyl groups is 1. The summed E-state index contributed by atoms with van der Waals surface area (Å²) >= 11 is 0. The van der Waals surface area contributed by atoms with E-state index in [1.54, 1.807) is 0 Å². The maximum absolute atomic E-state index is 12.9. The van der Waals surface area contributed by atoms with Crippen LogP contribution in [0.25, 0.3) is 0 Å². The molecule has 0 aliphatic carbocycles. The number of hydrogen-bond acceptors (Lipinski definition) is 5. The topological polar surface area (TPSA) is 65.0 Å². The van der Waals surface area contributed by atoms with Gasteiger partial charge in [-0.25, -0.2) is 0 Å². The zero-order chi connectivity index (χ0) is 22.1. The summed E-state index contributed by atoms with van der Waals surface area (Å²) in [5.41, 5.74) is 5.95. The quantitative estimate of drug-likeness (QED) is 0.756. The van der Waals surface area contributed by atoms with Gasteiger partial charge in [0.25, 0.3) is 0 Å². The first-order valence-electron chi connectivity index (χ1n) is 11.8. The van der Waals surface area contributed by atoms with Crippen LogP contribution in [0.3, 0.4) is 0 Å². The summed E-state index contributed by atoms with van der Waals surface area (Å²) in [5, 5.41) is 12.9. The van der Waals surface area contributed by atoms with Crippen LogP contribution in [0.1, 0.15) is 40.8 Å². The van der Waals surface area contributed by atoms with E-state index >= 15 is 0 Å². The summed E-state index contributed by atoms with van der Waals surface area (Å²) in [6.45, 7) is 6.90. The number of hydrogen-bond donors (Lipinski definition) is 2. The summed E-state index contributed by atoms with van der Waals surface area (Å²) in [7, 11) is 0. The highest BCUT2D eigenvalue weighted by Crippen LogP contribution is 2.50. The molecule has 3 aliphatic heterocycles. The van der Waals surface area contributed by atoms with Gasteiger partial charge in [-0.15, -0.1) is 0 Å². The van der Waals surface area contributed by atoms with Gasteiger partial charge in [-0.05, 0) is 30.5 Å². The van der Waals surface area contributed by atoms with Gasteiger partial charge in [0.15, 0.2) is 0 Å². The third-order valence-electron chi connectivity index (χ3n) is 7.20. The Morgan fingerprint density at radius 3 is 2.78 bits per heavy atom. The van der Waals surface area contributed by atoms with Crippen molar-refractivity contribution in [1.82, 2.24) is 9.80 Å². The summed E-state index contributed by atoms with van der Waals surface area (Å²) in [5.74, 6) is 0.578. The lowest BCUT2D eigenvalue weighted by atomic mass is 9.80. The second kappa shape index (κ2) is 9.22. The molecule has 0 bridgehead atoms. The van der Waals surface area contributed by atoms with Gasteiger partial charge in [0.2, 0.25) is 5.91 Å². The number of nitrogens with one attached hydrogen (secondary N) is 1. The van der Waals surface area contributed by atoms with Gasteiger partial charge >= 0.3 is 0 Å². The SMILES string of the molecule is Cc1cccc([C@H]2Nc3ccc(CC(=O)N4CCN(CCO)CC4)cc3[C@@H]3OCC[C@H]23)c1. The van der Waals surface area contributed by atoms with Gasteiger partial charge < -0.3 is 20.1 Å². The van der Waals surface area contributed by atoms with Crippen molar-refractivity contribution < 1.29 is 14.6 Å². The monoisotopic (exact) mass is 435 g/mol. The molecule has 2 N–H and O–H groups in total. The van der Waals surface area contributed by atoms with Gasteiger partial charge in [-0.3, -0.25) is 9.69 Å². The van der Waals surface area contributed by atoms with Crippen molar-refractivity contribution in [2.75, 3.05) is 51.3 Å². The number of carbonyl (C=O) groups is 1. The highest BCUT2D eigenvalue weighted by Gasteiger charge is 2.41. The van der Waals surface area contributed by atoms with Crippen molar-refractivity contribution in [3.8, 4) is 0 Å². The molecule has 1 amide bonds. The number of ether oxygens (including phenoxy) is 1. The Morgan fingerprint density at radius 2 is 2.00 bits per heavy atom. The van der Waals surface area contributed by atoms with Crippen LogP contribution in [0.5, 0.6) is 0 Å². The predicted molar refractivity (Wildman–Crippen MR) is 125 cm³/mol. The average Bonchev–Trinajstić information content (AvgIpc) is 3.30. The van der Waals surface area contributed by atoms with Crippen molar-refractivity contribution in [1.29, 1.82) is 0 Å². The molecule has 0 unspecified atom stereocenters. The zero-order valence-electron chi connectivity index (χ0n) is 18.8. The fourth-order valence-corrected chi connectivity index (χ4v) is 5.47. The molecule has 0 radical (unpaired) electrons. The normalized spacial score (nSPS) is 25.2. The van der Waals surface area contributed by atoms with E-state index in [0.717, 1.165) is 50.5 Å². The molecular weight excluding hydrogens is 402 g/mol. The van der Waals surface area contributed by atoms with Gasteiger partial charge in [0, 0.05) is 56.5 Å². The smallest absolute Gasteiger partial charge is 0.227 e. The number of amides is 1. The lowest BCUT2D eigenvalue weighted by Crippen LogP contribution is -2.49. The fourth-order valence-electron chi connectivity index (χ4n) is 5.47. The standard InChI is InChI=1S/C26H33N3O3/c1-18-3-2-4-20(15-18)25-21-7-14-32-26(21)22-16-19(5-6-23(22)27-25)17-24(31)29-10-8-28(9-11-29)12-13-30/h2-6,15-16,21,25-27,30H,7-14,17H2,1H3/t21-,25-,26-/m1/s1. The lowest BCUT2D eigenvalue weighted by Gasteiger charge is -2.37. The first kappa shape index (κ1) is 21.4. The van der Waals surface area contributed by atoms with E-state index in [9.17, 15) is 4.79 Å². The molecular formula is C26H33N3O3. The third kappa shape index (κ3) is 4.27. The first-order valence-corrected chi connectivity index (χ1v) is 11.8. The summed E-state index contributed by atoms with van der Waals surface area (Å²) in [6, 6.07) is 15.4. The molecule has 2 fully saturated rings. The van der Waals surface area contributed by atoms with Crippen molar-refractivity contribution in [3.63, 3.8) is 0 Å². The minimum Gasteiger partial charge on any atom is -0.395 e. The number of nitrogens with zero attached hydrogens (tertiary/aromatic N) is 2. The van der Waals surface area contributed by atoms with E-state index in [1.807, 2.05) is 4.90 Å². The molecule has 32 heavy (non-hydrogen) atoms. The highest BCUT2D eigenvalue weighted by molar-refractivity contribution is 5.79. The molecule has 3 atom stereocenters. The number of rotatable bonds is 5. The average molecular weight is 436 g/mol. The molecule has 0 spiro atoms. The molecule has 0 aromatic heterocycles. The number of benzene rings is 2. The molecule has 3 heterocycles. The molecule has 2 saturated heterocycles. The number of piperazine rings is 1. The van der Waals surface area contributed by atoms with Crippen molar-refractivity contribution in [2.24, 2.45) is 5.92 Å². The Kier molecular flexibility index (Phi) is 6.17. The maximum Gasteiger partial charge on any atom is 0.227 e. The number of fused-ring (bicyclic) bond motifs is 3. The maximum atomic E-state index is 12.9. The lowest BCUT2D eigenvalue weighted by molar-refractivity contribution is -0.132. The van der Waals surface area contributed by atoms with E-state index in [2.05, 4.69) is 59.6 Å². The number of carbonyl (C=O) groups excluding carboxylic acids is 1. The van der Waals surface area contributed by atoms with Gasteiger partial charge in [-0.2, -0.15) is 0 Å². The molecule has 3 aliphatic rings. The van der Waals surface area contributed by atoms with E-state index in [0.29, 0.717) is 18.9 Å². The Labute approximate surface area is 190 Å². The summed E-state index contributed by atoms with van der Waals surface area (Å²) < 4.78 is 6.22. The number of anilines is 1. The van der Waals surface area contributed by atoms with Gasteiger partial charge in [-0.1, -0.05) is 42.0 Å². The predicted octanol–water partition coefficient (Wildman–Crippen LogP) is 2.92. The van der Waals surface area contributed by atoms with Crippen LogP contribution < -0.4 is 5.32 Å². The zero-order valence-corrected chi connectivity index (χ0v) is 18.8. The van der Waals surface area contributed by atoms with Crippen molar-refractivity contribution in [3.05, 3.63) is 64.7 Å². The second-order valence-electron chi connectivity index (χ2n) is 9.32. The van der Waals surface area contributed by atoms with Gasteiger partial charge in [0.05, 0.1) is 25.2 Å². The Morgan fingerprint density at radius 1 is 1.16 bits per heavy atom. The Balaban J connectivity index is 1.31. The Bertz CT molecular complexity index is 971. The number of aliphatic hydroxyl groups excluding tert-OH is 1. The first-order chi connectivity index (χ1) is 15.6. The van der Waals surface area contributed by atoms with Crippen LogP contribution >= 0.6 is 0 Å². The molecule has 0 saturated carbocycles. The number of aryl methyl sites for hydroxylation is 1. The number of β-amino-alcohol motifs (C(OH)–C–C–N with tert-alkyl or cyclic N) is 1.